The number of benzene rings is 2. The number of rotatable bonds is 5. The Bertz CT molecular complexity index is 1560. The van der Waals surface area contributed by atoms with Gasteiger partial charge in [0.15, 0.2) is 11.6 Å². The molecule has 0 saturated heterocycles. The molecule has 198 valence electrons. The van der Waals surface area contributed by atoms with Gasteiger partial charge in [0, 0.05) is 34.6 Å². The Labute approximate surface area is 212 Å². The van der Waals surface area contributed by atoms with Crippen molar-refractivity contribution in [1.29, 1.82) is 0 Å². The maximum absolute atomic E-state index is 14.3. The van der Waals surface area contributed by atoms with E-state index in [-0.39, 0.29) is 50.8 Å². The lowest BCUT2D eigenvalue weighted by Gasteiger charge is -2.47. The average Bonchev–Trinajstić information content (AvgIpc) is 3.28. The summed E-state index contributed by atoms with van der Waals surface area (Å²) in [5.41, 5.74) is -0.0449. The number of halogens is 5. The number of carbonyl (C=O) groups is 1. The molecule has 2 bridgehead atoms. The first-order valence-corrected chi connectivity index (χ1v) is 12.1. The van der Waals surface area contributed by atoms with Crippen molar-refractivity contribution < 1.29 is 36.6 Å². The van der Waals surface area contributed by atoms with Gasteiger partial charge >= 0.3 is 12.3 Å². The third-order valence-corrected chi connectivity index (χ3v) is 7.67. The zero-order chi connectivity index (χ0) is 26.8. The van der Waals surface area contributed by atoms with Crippen LogP contribution in [0.4, 0.5) is 27.8 Å². The Morgan fingerprint density at radius 1 is 1.05 bits per heavy atom. The number of carboxylic acids is 1. The normalized spacial score (nSPS) is 23.2. The van der Waals surface area contributed by atoms with Crippen LogP contribution in [0.2, 0.25) is 0 Å². The van der Waals surface area contributed by atoms with Crippen LogP contribution in [0.1, 0.15) is 25.7 Å². The fraction of sp³-hybridized carbons (Fsp3) is 0.346. The van der Waals surface area contributed by atoms with Crippen LogP contribution in [-0.2, 0) is 4.79 Å². The maximum atomic E-state index is 14.3. The first-order valence-electron chi connectivity index (χ1n) is 12.1. The van der Waals surface area contributed by atoms with Crippen LogP contribution in [0.3, 0.4) is 0 Å². The Kier molecular flexibility index (Phi) is 5.65. The summed E-state index contributed by atoms with van der Waals surface area (Å²) < 4.78 is 72.3. The van der Waals surface area contributed by atoms with E-state index in [1.165, 1.54) is 18.3 Å². The SMILES string of the molecule is O=C(O)[C@@H]1C2CCC(CC2)[C@H]1Nc1nc(-c2c[nH]c3c(F)cc(F)cc23)nc2c(OC(F)(F)F)cccc12. The molecule has 38 heavy (non-hydrogen) atoms. The van der Waals surface area contributed by atoms with E-state index in [4.69, 9.17) is 0 Å². The van der Waals surface area contributed by atoms with Gasteiger partial charge in [0.25, 0.3) is 0 Å². The van der Waals surface area contributed by atoms with Crippen LogP contribution in [-0.4, -0.2) is 38.4 Å². The second kappa shape index (κ2) is 8.81. The lowest BCUT2D eigenvalue weighted by Crippen LogP contribution is -2.51. The van der Waals surface area contributed by atoms with E-state index >= 15 is 0 Å². The number of ether oxygens (including phenoxy) is 1. The van der Waals surface area contributed by atoms with Crippen molar-refractivity contribution in [3.05, 3.63) is 48.2 Å². The topological polar surface area (TPSA) is 100 Å². The molecule has 2 atom stereocenters. The van der Waals surface area contributed by atoms with Gasteiger partial charge in [-0.15, -0.1) is 13.2 Å². The van der Waals surface area contributed by atoms with Crippen molar-refractivity contribution >= 4 is 33.6 Å². The summed E-state index contributed by atoms with van der Waals surface area (Å²) in [6.45, 7) is 0. The average molecular weight is 532 g/mol. The third-order valence-electron chi connectivity index (χ3n) is 7.67. The Morgan fingerprint density at radius 2 is 1.79 bits per heavy atom. The van der Waals surface area contributed by atoms with Gasteiger partial charge in [-0.05, 0) is 55.7 Å². The summed E-state index contributed by atoms with van der Waals surface area (Å²) in [6.07, 6.45) is -0.418. The minimum atomic E-state index is -5.00. The third kappa shape index (κ3) is 4.17. The molecule has 0 spiro atoms. The van der Waals surface area contributed by atoms with Crippen molar-refractivity contribution in [3.8, 4) is 17.1 Å². The smallest absolute Gasteiger partial charge is 0.481 e. The van der Waals surface area contributed by atoms with Crippen LogP contribution in [0.5, 0.6) is 5.75 Å². The number of hydrogen-bond acceptors (Lipinski definition) is 5. The molecule has 2 heterocycles. The minimum absolute atomic E-state index is 0.0186. The molecular weight excluding hydrogens is 511 g/mol. The van der Waals surface area contributed by atoms with Crippen molar-refractivity contribution in [1.82, 2.24) is 15.0 Å². The van der Waals surface area contributed by atoms with E-state index in [1.54, 1.807) is 0 Å². The molecule has 0 aliphatic heterocycles. The lowest BCUT2D eigenvalue weighted by molar-refractivity contribution is -0.274. The van der Waals surface area contributed by atoms with E-state index in [0.717, 1.165) is 37.8 Å². The molecule has 3 fully saturated rings. The Hall–Kier alpha value is -3.96. The summed E-state index contributed by atoms with van der Waals surface area (Å²) in [6, 6.07) is 5.25. The largest absolute Gasteiger partial charge is 0.573 e. The van der Waals surface area contributed by atoms with Gasteiger partial charge in [-0.25, -0.2) is 18.7 Å². The van der Waals surface area contributed by atoms with E-state index in [0.29, 0.717) is 6.07 Å². The molecule has 3 aliphatic carbocycles. The van der Waals surface area contributed by atoms with Gasteiger partial charge in [-0.1, -0.05) is 6.07 Å². The zero-order valence-electron chi connectivity index (χ0n) is 19.6. The molecular formula is C26H21F5N4O3. The van der Waals surface area contributed by atoms with Crippen molar-refractivity contribution in [3.63, 3.8) is 0 Å². The van der Waals surface area contributed by atoms with Crippen LogP contribution >= 0.6 is 0 Å². The highest BCUT2D eigenvalue weighted by Crippen LogP contribution is 2.47. The second-order valence-electron chi connectivity index (χ2n) is 9.82. The van der Waals surface area contributed by atoms with Gasteiger partial charge < -0.3 is 20.1 Å². The number of aromatic nitrogens is 3. The highest BCUT2D eigenvalue weighted by Gasteiger charge is 2.47. The predicted octanol–water partition coefficient (Wildman–Crippen LogP) is 6.26. The molecule has 2 aromatic heterocycles. The first kappa shape index (κ1) is 24.4. The fourth-order valence-corrected chi connectivity index (χ4v) is 6.07. The molecule has 0 unspecified atom stereocenters. The number of H-pyrrole nitrogens is 1. The number of hydrogen-bond donors (Lipinski definition) is 3. The maximum Gasteiger partial charge on any atom is 0.573 e. The molecule has 2 aromatic carbocycles. The van der Waals surface area contributed by atoms with Crippen molar-refractivity contribution in [2.45, 2.75) is 38.1 Å². The molecule has 7 nitrogen and oxygen atoms in total. The number of fused-ring (bicyclic) bond motifs is 5. The Morgan fingerprint density at radius 3 is 2.50 bits per heavy atom. The zero-order valence-corrected chi connectivity index (χ0v) is 19.6. The number of nitrogens with zero attached hydrogens (tertiary/aromatic N) is 2. The van der Waals surface area contributed by atoms with E-state index < -0.39 is 41.7 Å². The number of anilines is 1. The molecule has 0 amide bonds. The number of nitrogens with one attached hydrogen (secondary N) is 2. The minimum Gasteiger partial charge on any atom is -0.481 e. The number of aromatic amines is 1. The summed E-state index contributed by atoms with van der Waals surface area (Å²) in [5, 5.41) is 13.5. The number of carboxylic acid groups (broad SMARTS) is 1. The van der Waals surface area contributed by atoms with Gasteiger partial charge in [-0.2, -0.15) is 0 Å². The standard InChI is InChI=1S/C26H21F5N4O3/c27-13-8-15-16(10-32-21(15)17(28)9-13)24-34-22-14(2-1-3-18(22)38-26(29,30)31)23(35-24)33-20-12-6-4-11(5-7-12)19(20)25(36)37/h1-3,8-12,19-20,32H,4-7H2,(H,36,37)(H,33,34,35)/t11?,12?,19-,20-/m1/s1. The monoisotopic (exact) mass is 532 g/mol. The van der Waals surface area contributed by atoms with Gasteiger partial charge in [0.05, 0.1) is 11.4 Å². The quantitative estimate of drug-likeness (QED) is 0.263. The summed E-state index contributed by atoms with van der Waals surface area (Å²) >= 11 is 0. The molecule has 3 saturated carbocycles. The van der Waals surface area contributed by atoms with Gasteiger partial charge in [-0.3, -0.25) is 4.79 Å². The van der Waals surface area contributed by atoms with Crippen LogP contribution in [0.15, 0.2) is 36.5 Å². The predicted molar refractivity (Wildman–Crippen MR) is 127 cm³/mol. The van der Waals surface area contributed by atoms with Crippen molar-refractivity contribution in [2.24, 2.45) is 17.8 Å². The van der Waals surface area contributed by atoms with E-state index in [1.807, 2.05) is 0 Å². The van der Waals surface area contributed by atoms with Crippen LogP contribution < -0.4 is 10.1 Å². The highest BCUT2D eigenvalue weighted by molar-refractivity contribution is 5.98. The first-order chi connectivity index (χ1) is 18.1. The van der Waals surface area contributed by atoms with E-state index in [9.17, 15) is 31.9 Å². The molecule has 3 aliphatic rings. The van der Waals surface area contributed by atoms with Gasteiger partial charge in [0.1, 0.15) is 23.0 Å². The lowest BCUT2D eigenvalue weighted by atomic mass is 9.61. The Balaban J connectivity index is 1.54. The summed E-state index contributed by atoms with van der Waals surface area (Å²) in [4.78, 5) is 23.7. The van der Waals surface area contributed by atoms with Crippen molar-refractivity contribution in [2.75, 3.05) is 5.32 Å². The summed E-state index contributed by atoms with van der Waals surface area (Å²) in [7, 11) is 0. The number of aliphatic carboxylic acids is 1. The second-order valence-corrected chi connectivity index (χ2v) is 9.82. The van der Waals surface area contributed by atoms with E-state index in [2.05, 4.69) is 25.0 Å². The fourth-order valence-electron chi connectivity index (χ4n) is 6.07. The molecule has 4 aromatic rings. The highest BCUT2D eigenvalue weighted by atomic mass is 19.4. The summed E-state index contributed by atoms with van der Waals surface area (Å²) in [5.74, 6) is -3.89. The molecule has 3 N–H and O–H groups in total. The van der Waals surface area contributed by atoms with Crippen LogP contribution in [0, 0.1) is 29.4 Å². The number of para-hydroxylation sites is 1. The number of alkyl halides is 3. The molecule has 7 rings (SSSR count). The van der Waals surface area contributed by atoms with Gasteiger partial charge in [0.2, 0.25) is 0 Å². The molecule has 12 heteroatoms. The van der Waals surface area contributed by atoms with Crippen LogP contribution in [0.25, 0.3) is 33.2 Å². The molecule has 0 radical (unpaired) electrons.